The standard InChI is InChI=1S/C18H16N6.3H2/c19-13-4-1-3-12(7-13)9-21-17-8-16(23-11-24-17)15-10-22-18-14(15)5-2-6-20-18;;;/h1-8,10-11H,9,19H2,(H,20,22)(H,21,23,24);3*1H. The number of nitrogens with zero attached hydrogens (tertiary/aromatic N) is 3. The van der Waals surface area contributed by atoms with Crippen molar-refractivity contribution < 1.29 is 4.28 Å². The molecule has 0 bridgehead atoms. The smallest absolute Gasteiger partial charge is 0.137 e. The van der Waals surface area contributed by atoms with E-state index in [0.717, 1.165) is 39.4 Å². The Hall–Kier alpha value is -3.41. The second-order valence-electron chi connectivity index (χ2n) is 5.49. The predicted molar refractivity (Wildman–Crippen MR) is 102 cm³/mol. The fourth-order valence-corrected chi connectivity index (χ4v) is 2.66. The number of aromatic amines is 1. The highest BCUT2D eigenvalue weighted by Crippen LogP contribution is 2.26. The van der Waals surface area contributed by atoms with E-state index >= 15 is 0 Å². The van der Waals surface area contributed by atoms with Crippen molar-refractivity contribution >= 4 is 22.5 Å². The molecule has 0 spiro atoms. The van der Waals surface area contributed by atoms with Crippen molar-refractivity contribution in [3.8, 4) is 11.3 Å². The maximum Gasteiger partial charge on any atom is 0.137 e. The van der Waals surface area contributed by atoms with Crippen molar-refractivity contribution in [3.05, 3.63) is 66.7 Å². The van der Waals surface area contributed by atoms with Gasteiger partial charge in [-0.25, -0.2) is 15.0 Å². The summed E-state index contributed by atoms with van der Waals surface area (Å²) in [5, 5.41) is 4.35. The second-order valence-corrected chi connectivity index (χ2v) is 5.49. The number of H-pyrrole nitrogens is 1. The molecule has 0 aliphatic rings. The van der Waals surface area contributed by atoms with Gasteiger partial charge in [-0.05, 0) is 29.8 Å². The average molecular weight is 322 g/mol. The summed E-state index contributed by atoms with van der Waals surface area (Å²) in [7, 11) is 0. The number of nitrogen functional groups attached to an aromatic ring is 1. The van der Waals surface area contributed by atoms with Crippen LogP contribution in [0.1, 0.15) is 9.84 Å². The van der Waals surface area contributed by atoms with E-state index in [-0.39, 0.29) is 4.28 Å². The largest absolute Gasteiger partial charge is 0.399 e. The van der Waals surface area contributed by atoms with Gasteiger partial charge in [0, 0.05) is 45.9 Å². The molecule has 0 aliphatic heterocycles. The molecule has 0 unspecified atom stereocenters. The molecule has 4 N–H and O–H groups in total. The summed E-state index contributed by atoms with van der Waals surface area (Å²) >= 11 is 0. The molecule has 4 rings (SSSR count). The number of nitrogens with one attached hydrogen (secondary N) is 2. The van der Waals surface area contributed by atoms with E-state index < -0.39 is 0 Å². The highest BCUT2D eigenvalue weighted by Gasteiger charge is 2.08. The molecule has 3 heterocycles. The number of aromatic nitrogens is 4. The lowest BCUT2D eigenvalue weighted by Crippen LogP contribution is -2.02. The van der Waals surface area contributed by atoms with Crippen LogP contribution in [0.2, 0.25) is 0 Å². The Morgan fingerprint density at radius 2 is 2.04 bits per heavy atom. The van der Waals surface area contributed by atoms with Crippen LogP contribution in [0.25, 0.3) is 22.3 Å². The van der Waals surface area contributed by atoms with Crippen LogP contribution in [0.3, 0.4) is 0 Å². The minimum atomic E-state index is 0. The Morgan fingerprint density at radius 1 is 1.08 bits per heavy atom. The van der Waals surface area contributed by atoms with Crippen LogP contribution in [-0.2, 0) is 6.54 Å². The van der Waals surface area contributed by atoms with Crippen molar-refractivity contribution in [1.82, 2.24) is 19.9 Å². The lowest BCUT2D eigenvalue weighted by molar-refractivity contribution is 1.08. The quantitative estimate of drug-likeness (QED) is 0.495. The fourth-order valence-electron chi connectivity index (χ4n) is 2.66. The van der Waals surface area contributed by atoms with Gasteiger partial charge < -0.3 is 16.0 Å². The van der Waals surface area contributed by atoms with Crippen LogP contribution in [-0.4, -0.2) is 19.9 Å². The summed E-state index contributed by atoms with van der Waals surface area (Å²) < 4.78 is 0. The van der Waals surface area contributed by atoms with Gasteiger partial charge in [0.05, 0.1) is 5.69 Å². The average Bonchev–Trinajstić information content (AvgIpc) is 3.04. The summed E-state index contributed by atoms with van der Waals surface area (Å²) in [6.45, 7) is 0.650. The normalized spacial score (nSPS) is 10.8. The van der Waals surface area contributed by atoms with Crippen molar-refractivity contribution in [2.75, 3.05) is 11.1 Å². The molecule has 0 saturated heterocycles. The third-order valence-corrected chi connectivity index (χ3v) is 3.82. The minimum absolute atomic E-state index is 0. The zero-order valence-corrected chi connectivity index (χ0v) is 12.9. The zero-order chi connectivity index (χ0) is 16.4. The van der Waals surface area contributed by atoms with Gasteiger partial charge in [-0.3, -0.25) is 0 Å². The number of pyridine rings is 1. The van der Waals surface area contributed by atoms with Gasteiger partial charge in [0.25, 0.3) is 0 Å². The molecule has 3 aromatic heterocycles. The minimum Gasteiger partial charge on any atom is -0.399 e. The Balaban J connectivity index is 0.00000121. The summed E-state index contributed by atoms with van der Waals surface area (Å²) in [4.78, 5) is 16.1. The van der Waals surface area contributed by atoms with E-state index in [1.165, 1.54) is 0 Å². The molecular weight excluding hydrogens is 300 g/mol. The van der Waals surface area contributed by atoms with Gasteiger partial charge in [0.1, 0.15) is 17.8 Å². The van der Waals surface area contributed by atoms with Gasteiger partial charge >= 0.3 is 0 Å². The van der Waals surface area contributed by atoms with Crippen LogP contribution in [0.4, 0.5) is 11.5 Å². The number of hydrogen-bond donors (Lipinski definition) is 3. The third-order valence-electron chi connectivity index (χ3n) is 3.82. The second kappa shape index (κ2) is 6.00. The fraction of sp³-hybridized carbons (Fsp3) is 0.0556. The number of anilines is 2. The summed E-state index contributed by atoms with van der Waals surface area (Å²) in [6, 6.07) is 13.7. The number of benzene rings is 1. The Kier molecular flexibility index (Phi) is 3.55. The van der Waals surface area contributed by atoms with Gasteiger partial charge in [-0.15, -0.1) is 0 Å². The molecular formula is C18H22N6. The monoisotopic (exact) mass is 322 g/mol. The number of fused-ring (bicyclic) bond motifs is 1. The molecule has 1 aromatic carbocycles. The van der Waals surface area contributed by atoms with E-state index in [1.807, 2.05) is 48.7 Å². The van der Waals surface area contributed by atoms with Crippen molar-refractivity contribution in [1.29, 1.82) is 0 Å². The van der Waals surface area contributed by atoms with Crippen LogP contribution in [0.5, 0.6) is 0 Å². The van der Waals surface area contributed by atoms with Gasteiger partial charge in [-0.2, -0.15) is 0 Å². The molecule has 0 saturated carbocycles. The number of nitrogens with two attached hydrogens (primary N) is 1. The first-order valence-electron chi connectivity index (χ1n) is 7.62. The van der Waals surface area contributed by atoms with E-state index in [4.69, 9.17) is 5.73 Å². The molecule has 6 nitrogen and oxygen atoms in total. The van der Waals surface area contributed by atoms with Crippen LogP contribution in [0, 0.1) is 0 Å². The topological polar surface area (TPSA) is 92.5 Å². The Morgan fingerprint density at radius 3 is 2.96 bits per heavy atom. The maximum atomic E-state index is 5.81. The molecule has 0 aliphatic carbocycles. The molecule has 124 valence electrons. The summed E-state index contributed by atoms with van der Waals surface area (Å²) in [5.74, 6) is 0.765. The van der Waals surface area contributed by atoms with Crippen molar-refractivity contribution in [3.63, 3.8) is 0 Å². The summed E-state index contributed by atoms with van der Waals surface area (Å²) in [5.41, 5.74) is 10.4. The lowest BCUT2D eigenvalue weighted by Gasteiger charge is -2.07. The van der Waals surface area contributed by atoms with E-state index in [9.17, 15) is 0 Å². The third kappa shape index (κ3) is 2.77. The molecule has 6 heteroatoms. The first-order chi connectivity index (χ1) is 11.8. The molecule has 24 heavy (non-hydrogen) atoms. The SMILES string of the molecule is Nc1cccc(CNc2cc(-c3c[nH]c4ncccc34)ncn2)c1.[HH].[HH].[HH]. The summed E-state index contributed by atoms with van der Waals surface area (Å²) in [6.07, 6.45) is 5.25. The molecule has 0 atom stereocenters. The first-order valence-corrected chi connectivity index (χ1v) is 7.62. The van der Waals surface area contributed by atoms with Gasteiger partial charge in [0.15, 0.2) is 0 Å². The Labute approximate surface area is 143 Å². The van der Waals surface area contributed by atoms with Crippen molar-refractivity contribution in [2.24, 2.45) is 0 Å². The van der Waals surface area contributed by atoms with Crippen LogP contribution < -0.4 is 11.1 Å². The highest BCUT2D eigenvalue weighted by molar-refractivity contribution is 5.92. The first kappa shape index (κ1) is 14.2. The highest BCUT2D eigenvalue weighted by atomic mass is 15.0. The van der Waals surface area contributed by atoms with Gasteiger partial charge in [-0.1, -0.05) is 12.1 Å². The zero-order valence-electron chi connectivity index (χ0n) is 12.9. The molecule has 0 radical (unpaired) electrons. The molecule has 0 amide bonds. The van der Waals surface area contributed by atoms with E-state index in [1.54, 1.807) is 12.5 Å². The van der Waals surface area contributed by atoms with Gasteiger partial charge in [0.2, 0.25) is 0 Å². The molecule has 4 aromatic rings. The number of hydrogen-bond acceptors (Lipinski definition) is 5. The molecule has 0 fully saturated rings. The number of rotatable bonds is 4. The van der Waals surface area contributed by atoms with Crippen LogP contribution >= 0.6 is 0 Å². The van der Waals surface area contributed by atoms with Crippen LogP contribution in [0.15, 0.2) is 61.2 Å². The van der Waals surface area contributed by atoms with E-state index in [0.29, 0.717) is 6.54 Å². The van der Waals surface area contributed by atoms with Crippen molar-refractivity contribution in [2.45, 2.75) is 6.54 Å². The lowest BCUT2D eigenvalue weighted by atomic mass is 10.1. The Bertz CT molecular complexity index is 1000. The maximum absolute atomic E-state index is 5.81. The predicted octanol–water partition coefficient (Wildman–Crippen LogP) is 3.95. The van der Waals surface area contributed by atoms with E-state index in [2.05, 4.69) is 25.3 Å².